The number of halogens is 4. The third kappa shape index (κ3) is 3.33. The molecule has 0 bridgehead atoms. The average Bonchev–Trinajstić information content (AvgIpc) is 2.27. The number of ether oxygens (including phenoxy) is 1. The normalized spacial score (nSPS) is 22.2. The van der Waals surface area contributed by atoms with E-state index >= 15 is 0 Å². The number of carbonyl (C=O) groups excluding carboxylic acids is 1. The van der Waals surface area contributed by atoms with Crippen molar-refractivity contribution in [3.8, 4) is 0 Å². The predicted molar refractivity (Wildman–Crippen MR) is 47.5 cm³/mol. The maximum Gasteiger partial charge on any atom is 0.383 e. The van der Waals surface area contributed by atoms with Gasteiger partial charge in [0.1, 0.15) is 0 Å². The van der Waals surface area contributed by atoms with Crippen molar-refractivity contribution in [2.45, 2.75) is 25.2 Å². The first kappa shape index (κ1) is 13.2. The van der Waals surface area contributed by atoms with Gasteiger partial charge in [-0.1, -0.05) is 0 Å². The molecule has 1 fully saturated rings. The van der Waals surface area contributed by atoms with Crippen molar-refractivity contribution in [1.29, 1.82) is 0 Å². The van der Waals surface area contributed by atoms with Gasteiger partial charge < -0.3 is 10.1 Å². The number of amides is 1. The Hall–Kier alpha value is -0.850. The predicted octanol–water partition coefficient (Wildman–Crippen LogP) is 1.43. The lowest BCUT2D eigenvalue weighted by Gasteiger charge is -2.23. The van der Waals surface area contributed by atoms with Crippen LogP contribution in [0.3, 0.4) is 0 Å². The molecule has 1 atom stereocenters. The van der Waals surface area contributed by atoms with E-state index in [0.717, 1.165) is 12.8 Å². The molecule has 1 heterocycles. The number of hydrogen-bond acceptors (Lipinski definition) is 2. The first-order valence-electron chi connectivity index (χ1n) is 4.96. The first-order valence-corrected chi connectivity index (χ1v) is 4.96. The summed E-state index contributed by atoms with van der Waals surface area (Å²) in [5.41, 5.74) is 0. The zero-order valence-electron chi connectivity index (χ0n) is 8.52. The summed E-state index contributed by atoms with van der Waals surface area (Å²) < 4.78 is 53.6. The molecule has 0 radical (unpaired) electrons. The fourth-order valence-corrected chi connectivity index (χ4v) is 1.42. The van der Waals surface area contributed by atoms with Crippen molar-refractivity contribution in [3.05, 3.63) is 0 Å². The second kappa shape index (κ2) is 5.47. The van der Waals surface area contributed by atoms with Crippen molar-refractivity contribution in [1.82, 2.24) is 5.32 Å². The van der Waals surface area contributed by atoms with Crippen molar-refractivity contribution in [3.63, 3.8) is 0 Å². The number of nitrogens with one attached hydrogen (secondary N) is 1. The van der Waals surface area contributed by atoms with Crippen LogP contribution in [0.5, 0.6) is 0 Å². The molecular formula is C9H13F4NO2. The highest BCUT2D eigenvalue weighted by Gasteiger charge is 2.48. The SMILES string of the molecule is O=C(NCC1CCCOC1)C(F)(F)C(F)F. The molecule has 1 amide bonds. The van der Waals surface area contributed by atoms with Gasteiger partial charge in [0.25, 0.3) is 5.91 Å². The summed E-state index contributed by atoms with van der Waals surface area (Å²) in [4.78, 5) is 10.8. The summed E-state index contributed by atoms with van der Waals surface area (Å²) in [5.74, 6) is -6.62. The lowest BCUT2D eigenvalue weighted by atomic mass is 10.0. The molecule has 94 valence electrons. The quantitative estimate of drug-likeness (QED) is 0.758. The lowest BCUT2D eigenvalue weighted by molar-refractivity contribution is -0.169. The highest BCUT2D eigenvalue weighted by Crippen LogP contribution is 2.23. The molecule has 0 aliphatic carbocycles. The molecule has 1 rings (SSSR count). The van der Waals surface area contributed by atoms with Crippen LogP contribution in [0.25, 0.3) is 0 Å². The minimum Gasteiger partial charge on any atom is -0.381 e. The van der Waals surface area contributed by atoms with E-state index in [9.17, 15) is 22.4 Å². The number of carbonyl (C=O) groups is 1. The number of rotatable bonds is 4. The Labute approximate surface area is 90.1 Å². The van der Waals surface area contributed by atoms with Crippen LogP contribution in [0, 0.1) is 5.92 Å². The summed E-state index contributed by atoms with van der Waals surface area (Å²) in [6.07, 6.45) is -2.46. The Bertz CT molecular complexity index is 242. The van der Waals surface area contributed by atoms with E-state index in [-0.39, 0.29) is 12.5 Å². The van der Waals surface area contributed by atoms with E-state index < -0.39 is 18.3 Å². The molecule has 3 nitrogen and oxygen atoms in total. The van der Waals surface area contributed by atoms with Crippen molar-refractivity contribution < 1.29 is 27.1 Å². The molecule has 0 spiro atoms. The highest BCUT2D eigenvalue weighted by molar-refractivity contribution is 5.83. The Morgan fingerprint density at radius 3 is 2.69 bits per heavy atom. The second-order valence-corrected chi connectivity index (χ2v) is 3.72. The van der Waals surface area contributed by atoms with Gasteiger partial charge in [-0.15, -0.1) is 0 Å². The topological polar surface area (TPSA) is 38.3 Å². The van der Waals surface area contributed by atoms with Crippen LogP contribution < -0.4 is 5.32 Å². The molecule has 16 heavy (non-hydrogen) atoms. The number of alkyl halides is 4. The van der Waals surface area contributed by atoms with E-state index in [1.807, 2.05) is 5.32 Å². The van der Waals surface area contributed by atoms with Crippen molar-refractivity contribution in [2.24, 2.45) is 5.92 Å². The van der Waals surface area contributed by atoms with Gasteiger partial charge in [-0.25, -0.2) is 8.78 Å². The Morgan fingerprint density at radius 2 is 2.19 bits per heavy atom. The van der Waals surface area contributed by atoms with Gasteiger partial charge >= 0.3 is 12.3 Å². The Morgan fingerprint density at radius 1 is 1.50 bits per heavy atom. The van der Waals surface area contributed by atoms with Gasteiger partial charge in [0.15, 0.2) is 0 Å². The molecule has 1 aliphatic rings. The van der Waals surface area contributed by atoms with Crippen LogP contribution in [0.4, 0.5) is 17.6 Å². The van der Waals surface area contributed by atoms with Gasteiger partial charge in [-0.2, -0.15) is 8.78 Å². The van der Waals surface area contributed by atoms with Gasteiger partial charge in [0.2, 0.25) is 0 Å². The molecule has 1 N–H and O–H groups in total. The fourth-order valence-electron chi connectivity index (χ4n) is 1.42. The molecule has 1 unspecified atom stereocenters. The highest BCUT2D eigenvalue weighted by atomic mass is 19.3. The largest absolute Gasteiger partial charge is 0.383 e. The smallest absolute Gasteiger partial charge is 0.381 e. The van der Waals surface area contributed by atoms with Crippen LogP contribution in [-0.4, -0.2) is 38.0 Å². The summed E-state index contributed by atoms with van der Waals surface area (Å²) in [5, 5.41) is 1.83. The third-order valence-corrected chi connectivity index (χ3v) is 2.38. The van der Waals surface area contributed by atoms with Gasteiger partial charge in [-0.05, 0) is 18.8 Å². The molecule has 0 saturated carbocycles. The summed E-state index contributed by atoms with van der Waals surface area (Å²) in [6.45, 7) is 0.916. The molecule has 7 heteroatoms. The van der Waals surface area contributed by atoms with Gasteiger partial charge in [-0.3, -0.25) is 4.79 Å². The standard InChI is InChI=1S/C9H13F4NO2/c10-7(11)9(12,13)8(15)14-4-6-2-1-3-16-5-6/h6-7H,1-5H2,(H,14,15). The maximum atomic E-state index is 12.5. The van der Waals surface area contributed by atoms with Gasteiger partial charge in [0.05, 0.1) is 6.61 Å². The van der Waals surface area contributed by atoms with E-state index in [1.165, 1.54) is 0 Å². The zero-order valence-corrected chi connectivity index (χ0v) is 8.52. The first-order chi connectivity index (χ1) is 7.44. The molecule has 1 aliphatic heterocycles. The second-order valence-electron chi connectivity index (χ2n) is 3.72. The number of hydrogen-bond donors (Lipinski definition) is 1. The summed E-state index contributed by atoms with van der Waals surface area (Å²) in [6, 6.07) is 0. The third-order valence-electron chi connectivity index (χ3n) is 2.38. The van der Waals surface area contributed by atoms with Crippen molar-refractivity contribution >= 4 is 5.91 Å². The molecule has 0 aromatic rings. The van der Waals surface area contributed by atoms with Crippen LogP contribution in [0.15, 0.2) is 0 Å². The zero-order chi connectivity index (χ0) is 12.2. The summed E-state index contributed by atoms with van der Waals surface area (Å²) >= 11 is 0. The van der Waals surface area contributed by atoms with E-state index in [1.54, 1.807) is 0 Å². The van der Waals surface area contributed by atoms with E-state index in [2.05, 4.69) is 0 Å². The monoisotopic (exact) mass is 243 g/mol. The van der Waals surface area contributed by atoms with Crippen LogP contribution in [-0.2, 0) is 9.53 Å². The Balaban J connectivity index is 2.34. The molecular weight excluding hydrogens is 230 g/mol. The fraction of sp³-hybridized carbons (Fsp3) is 0.889. The molecule has 0 aromatic heterocycles. The minimum atomic E-state index is -4.62. The lowest BCUT2D eigenvalue weighted by Crippen LogP contribution is -2.47. The van der Waals surface area contributed by atoms with Crippen LogP contribution in [0.2, 0.25) is 0 Å². The minimum absolute atomic E-state index is 0.0544. The van der Waals surface area contributed by atoms with Gasteiger partial charge in [0, 0.05) is 13.2 Å². The average molecular weight is 243 g/mol. The summed E-state index contributed by atoms with van der Waals surface area (Å²) in [7, 11) is 0. The van der Waals surface area contributed by atoms with Crippen molar-refractivity contribution in [2.75, 3.05) is 19.8 Å². The van der Waals surface area contributed by atoms with E-state index in [0.29, 0.717) is 13.2 Å². The Kier molecular flexibility index (Phi) is 4.52. The molecule has 1 saturated heterocycles. The maximum absolute atomic E-state index is 12.5. The molecule has 0 aromatic carbocycles. The van der Waals surface area contributed by atoms with Crippen LogP contribution in [0.1, 0.15) is 12.8 Å². The van der Waals surface area contributed by atoms with Crippen LogP contribution >= 0.6 is 0 Å². The van der Waals surface area contributed by atoms with E-state index in [4.69, 9.17) is 4.74 Å².